The van der Waals surface area contributed by atoms with E-state index in [0.717, 1.165) is 36.6 Å². The van der Waals surface area contributed by atoms with Crippen LogP contribution in [0.3, 0.4) is 0 Å². The molecular weight excluding hydrogens is 252 g/mol. The van der Waals surface area contributed by atoms with Crippen LogP contribution in [0.4, 0.5) is 0 Å². The van der Waals surface area contributed by atoms with E-state index in [9.17, 15) is 0 Å². The van der Waals surface area contributed by atoms with Crippen LogP contribution >= 0.6 is 0 Å². The van der Waals surface area contributed by atoms with Crippen molar-refractivity contribution in [3.63, 3.8) is 0 Å². The van der Waals surface area contributed by atoms with Crippen molar-refractivity contribution >= 4 is 0 Å². The average Bonchev–Trinajstić information content (AvgIpc) is 2.50. The first-order chi connectivity index (χ1) is 9.57. The molecule has 0 aliphatic heterocycles. The highest BCUT2D eigenvalue weighted by molar-refractivity contribution is 5.43. The Morgan fingerprint density at radius 1 is 1.15 bits per heavy atom. The zero-order chi connectivity index (χ0) is 15.1. The minimum atomic E-state index is -0.0243. The number of ether oxygens (including phenoxy) is 2. The maximum absolute atomic E-state index is 6.34. The molecule has 0 spiro atoms. The van der Waals surface area contributed by atoms with Gasteiger partial charge in [0.05, 0.1) is 14.2 Å². The molecule has 114 valence electrons. The van der Waals surface area contributed by atoms with Gasteiger partial charge >= 0.3 is 0 Å². The number of methoxy groups -OCH3 is 2. The van der Waals surface area contributed by atoms with Crippen LogP contribution in [0.2, 0.25) is 0 Å². The smallest absolute Gasteiger partial charge is 0.161 e. The Kier molecular flexibility index (Phi) is 6.82. The molecule has 2 N–H and O–H groups in total. The molecule has 0 amide bonds. The van der Waals surface area contributed by atoms with Crippen molar-refractivity contribution < 1.29 is 9.47 Å². The maximum Gasteiger partial charge on any atom is 0.161 e. The fourth-order valence-electron chi connectivity index (χ4n) is 2.32. The summed E-state index contributed by atoms with van der Waals surface area (Å²) in [6.45, 7) is 8.48. The second-order valence-electron chi connectivity index (χ2n) is 5.07. The topological polar surface area (TPSA) is 47.7 Å². The van der Waals surface area contributed by atoms with Gasteiger partial charge in [0, 0.05) is 18.6 Å². The lowest BCUT2D eigenvalue weighted by molar-refractivity contribution is 0.202. The van der Waals surface area contributed by atoms with Gasteiger partial charge in [-0.05, 0) is 37.6 Å². The van der Waals surface area contributed by atoms with Crippen molar-refractivity contribution in [2.45, 2.75) is 39.3 Å². The van der Waals surface area contributed by atoms with E-state index in [1.165, 1.54) is 0 Å². The molecule has 0 radical (unpaired) electrons. The quantitative estimate of drug-likeness (QED) is 0.795. The third kappa shape index (κ3) is 4.12. The van der Waals surface area contributed by atoms with Crippen LogP contribution in [0.1, 0.15) is 38.8 Å². The number of benzene rings is 1. The van der Waals surface area contributed by atoms with Gasteiger partial charge in [-0.2, -0.15) is 0 Å². The number of rotatable bonds is 8. The van der Waals surface area contributed by atoms with E-state index >= 15 is 0 Å². The normalized spacial score (nSPS) is 14.2. The molecule has 0 saturated heterocycles. The van der Waals surface area contributed by atoms with Crippen LogP contribution in [0.25, 0.3) is 0 Å². The highest BCUT2D eigenvalue weighted by Gasteiger charge is 2.16. The Hall–Kier alpha value is -1.26. The van der Waals surface area contributed by atoms with Gasteiger partial charge in [-0.15, -0.1) is 0 Å². The van der Waals surface area contributed by atoms with Crippen LogP contribution in [0.5, 0.6) is 11.5 Å². The third-order valence-electron chi connectivity index (χ3n) is 3.89. The average molecular weight is 280 g/mol. The van der Waals surface area contributed by atoms with E-state index in [-0.39, 0.29) is 6.04 Å². The van der Waals surface area contributed by atoms with Gasteiger partial charge in [0.15, 0.2) is 11.5 Å². The molecule has 20 heavy (non-hydrogen) atoms. The summed E-state index contributed by atoms with van der Waals surface area (Å²) in [6, 6.07) is 6.41. The first-order valence-corrected chi connectivity index (χ1v) is 7.28. The van der Waals surface area contributed by atoms with E-state index < -0.39 is 0 Å². The number of nitrogens with zero attached hydrogens (tertiary/aromatic N) is 1. The van der Waals surface area contributed by atoms with Gasteiger partial charge in [0.2, 0.25) is 0 Å². The van der Waals surface area contributed by atoms with Crippen molar-refractivity contribution in [3.05, 3.63) is 23.8 Å². The Morgan fingerprint density at radius 2 is 1.80 bits per heavy atom. The summed E-state index contributed by atoms with van der Waals surface area (Å²) in [4.78, 5) is 2.40. The van der Waals surface area contributed by atoms with Crippen LogP contribution < -0.4 is 15.2 Å². The molecule has 0 aromatic heterocycles. The molecule has 2 atom stereocenters. The third-order valence-corrected chi connectivity index (χ3v) is 3.89. The molecule has 1 aromatic rings. The van der Waals surface area contributed by atoms with Crippen LogP contribution in [0, 0.1) is 0 Å². The van der Waals surface area contributed by atoms with Gasteiger partial charge in [-0.1, -0.05) is 19.9 Å². The Morgan fingerprint density at radius 3 is 2.30 bits per heavy atom. The highest BCUT2D eigenvalue weighted by atomic mass is 16.5. The second-order valence-corrected chi connectivity index (χ2v) is 5.07. The Bertz CT molecular complexity index is 409. The van der Waals surface area contributed by atoms with Crippen molar-refractivity contribution in [2.75, 3.05) is 27.3 Å². The van der Waals surface area contributed by atoms with E-state index in [1.54, 1.807) is 14.2 Å². The summed E-state index contributed by atoms with van der Waals surface area (Å²) < 4.78 is 10.6. The first-order valence-electron chi connectivity index (χ1n) is 7.28. The summed E-state index contributed by atoms with van der Waals surface area (Å²) in [5, 5.41) is 0. The van der Waals surface area contributed by atoms with Gasteiger partial charge in [-0.3, -0.25) is 4.90 Å². The van der Waals surface area contributed by atoms with Crippen LogP contribution in [-0.4, -0.2) is 38.3 Å². The van der Waals surface area contributed by atoms with Crippen molar-refractivity contribution in [3.8, 4) is 11.5 Å². The molecule has 0 aliphatic rings. The zero-order valence-electron chi connectivity index (χ0n) is 13.3. The SMILES string of the molecule is CCC(C)N(CC)CC(N)c1ccc(OC)c(OC)c1. The van der Waals surface area contributed by atoms with Crippen LogP contribution in [0.15, 0.2) is 18.2 Å². The van der Waals surface area contributed by atoms with Crippen molar-refractivity contribution in [2.24, 2.45) is 5.73 Å². The molecule has 0 heterocycles. The van der Waals surface area contributed by atoms with E-state index in [0.29, 0.717) is 6.04 Å². The molecule has 2 unspecified atom stereocenters. The van der Waals surface area contributed by atoms with E-state index in [2.05, 4.69) is 25.7 Å². The summed E-state index contributed by atoms with van der Waals surface area (Å²) in [5.74, 6) is 1.46. The second kappa shape index (κ2) is 8.12. The van der Waals surface area contributed by atoms with Crippen LogP contribution in [-0.2, 0) is 0 Å². The molecular formula is C16H28N2O2. The predicted molar refractivity (Wildman–Crippen MR) is 83.5 cm³/mol. The Labute approximate surface area is 122 Å². The highest BCUT2D eigenvalue weighted by Crippen LogP contribution is 2.29. The molecule has 1 aromatic carbocycles. The van der Waals surface area contributed by atoms with Crippen molar-refractivity contribution in [1.29, 1.82) is 0 Å². The monoisotopic (exact) mass is 280 g/mol. The predicted octanol–water partition coefficient (Wildman–Crippen LogP) is 2.82. The maximum atomic E-state index is 6.34. The van der Waals surface area contributed by atoms with Gasteiger partial charge < -0.3 is 15.2 Å². The lowest BCUT2D eigenvalue weighted by Crippen LogP contribution is -2.38. The largest absolute Gasteiger partial charge is 0.493 e. The van der Waals surface area contributed by atoms with Crippen molar-refractivity contribution in [1.82, 2.24) is 4.90 Å². The van der Waals surface area contributed by atoms with E-state index in [4.69, 9.17) is 15.2 Å². The standard InChI is InChI=1S/C16H28N2O2/c1-6-12(3)18(7-2)11-14(17)13-8-9-15(19-4)16(10-13)20-5/h8-10,12,14H,6-7,11,17H2,1-5H3. The summed E-state index contributed by atoms with van der Waals surface area (Å²) in [6.07, 6.45) is 1.13. The lowest BCUT2D eigenvalue weighted by atomic mass is 10.1. The minimum absolute atomic E-state index is 0.0243. The summed E-state index contributed by atoms with van der Waals surface area (Å²) in [7, 11) is 3.28. The fourth-order valence-corrected chi connectivity index (χ4v) is 2.32. The number of hydrogen-bond donors (Lipinski definition) is 1. The van der Waals surface area contributed by atoms with Gasteiger partial charge in [0.25, 0.3) is 0 Å². The molecule has 0 aliphatic carbocycles. The number of nitrogens with two attached hydrogens (primary N) is 1. The van der Waals surface area contributed by atoms with Gasteiger partial charge in [-0.25, -0.2) is 0 Å². The molecule has 1 rings (SSSR count). The Balaban J connectivity index is 2.83. The summed E-state index contributed by atoms with van der Waals surface area (Å²) in [5.41, 5.74) is 7.41. The minimum Gasteiger partial charge on any atom is -0.493 e. The molecule has 0 bridgehead atoms. The first kappa shape index (κ1) is 16.8. The fraction of sp³-hybridized carbons (Fsp3) is 0.625. The van der Waals surface area contributed by atoms with Gasteiger partial charge in [0.1, 0.15) is 0 Å². The molecule has 4 nitrogen and oxygen atoms in total. The molecule has 0 fully saturated rings. The molecule has 0 saturated carbocycles. The zero-order valence-corrected chi connectivity index (χ0v) is 13.3. The summed E-state index contributed by atoms with van der Waals surface area (Å²) >= 11 is 0. The lowest BCUT2D eigenvalue weighted by Gasteiger charge is -2.29. The number of hydrogen-bond acceptors (Lipinski definition) is 4. The molecule has 4 heteroatoms. The van der Waals surface area contributed by atoms with E-state index in [1.807, 2.05) is 18.2 Å². The number of likely N-dealkylation sites (N-methyl/N-ethyl adjacent to an activating group) is 1.